The fraction of sp³-hybridized carbons (Fsp3) is 0.0714. The first kappa shape index (κ1) is 12.6. The van der Waals surface area contributed by atoms with Crippen LogP contribution in [0.1, 0.15) is 5.56 Å². The molecule has 0 bridgehead atoms. The summed E-state index contributed by atoms with van der Waals surface area (Å²) in [6.07, 6.45) is 0.349. The molecule has 2 aromatic rings. The van der Waals surface area contributed by atoms with Gasteiger partial charge in [-0.05, 0) is 17.2 Å². The van der Waals surface area contributed by atoms with E-state index in [-0.39, 0.29) is 18.3 Å². The van der Waals surface area contributed by atoms with E-state index in [0.717, 1.165) is 22.4 Å². The molecule has 0 radical (unpaired) electrons. The third kappa shape index (κ3) is 1.88. The minimum atomic E-state index is -0.0811. The molecule has 2 N–H and O–H groups in total. The molecule has 4 heteroatoms. The number of amides is 1. The van der Waals surface area contributed by atoms with Crippen molar-refractivity contribution in [1.29, 1.82) is 0 Å². The predicted octanol–water partition coefficient (Wildman–Crippen LogP) is 2.54. The lowest BCUT2D eigenvalue weighted by Gasteiger charge is -2.16. The van der Waals surface area contributed by atoms with Crippen LogP contribution in [0.2, 0.25) is 0 Å². The summed E-state index contributed by atoms with van der Waals surface area (Å²) < 4.78 is 0. The van der Waals surface area contributed by atoms with Crippen LogP contribution in [0, 0.1) is 0 Å². The third-order valence-corrected chi connectivity index (χ3v) is 3.08. The van der Waals surface area contributed by atoms with Crippen LogP contribution in [-0.2, 0) is 11.2 Å². The number of benzene rings is 2. The lowest BCUT2D eigenvalue weighted by Crippen LogP contribution is -2.37. The molecule has 0 saturated heterocycles. The molecule has 1 amide bonds. The number of hydrogen-bond donors (Lipinski definition) is 1. The van der Waals surface area contributed by atoms with E-state index in [1.807, 2.05) is 48.5 Å². The monoisotopic (exact) mass is 260 g/mol. The van der Waals surface area contributed by atoms with Crippen molar-refractivity contribution in [2.45, 2.75) is 6.42 Å². The van der Waals surface area contributed by atoms with Crippen molar-refractivity contribution in [3.8, 4) is 11.1 Å². The third-order valence-electron chi connectivity index (χ3n) is 3.08. The molecule has 2 aromatic carbocycles. The Morgan fingerprint density at radius 3 is 2.33 bits per heavy atom. The average molecular weight is 261 g/mol. The van der Waals surface area contributed by atoms with E-state index in [9.17, 15) is 4.79 Å². The number of nitrogens with two attached hydrogens (primary N) is 1. The zero-order valence-corrected chi connectivity index (χ0v) is 10.5. The number of hydrazine groups is 1. The maximum absolute atomic E-state index is 11.9. The second-order valence-electron chi connectivity index (χ2n) is 4.11. The Kier molecular flexibility index (Phi) is 3.36. The Balaban J connectivity index is 0.00000120. The van der Waals surface area contributed by atoms with E-state index in [1.165, 1.54) is 5.01 Å². The molecule has 18 heavy (non-hydrogen) atoms. The van der Waals surface area contributed by atoms with Crippen molar-refractivity contribution in [2.75, 3.05) is 5.01 Å². The van der Waals surface area contributed by atoms with Crippen LogP contribution in [0.15, 0.2) is 48.5 Å². The highest BCUT2D eigenvalue weighted by Gasteiger charge is 2.22. The van der Waals surface area contributed by atoms with Gasteiger partial charge in [0, 0.05) is 5.56 Å². The van der Waals surface area contributed by atoms with Gasteiger partial charge in [0.05, 0.1) is 12.1 Å². The van der Waals surface area contributed by atoms with Gasteiger partial charge in [0.2, 0.25) is 5.91 Å². The molecule has 0 aliphatic carbocycles. The Labute approximate surface area is 112 Å². The summed E-state index contributed by atoms with van der Waals surface area (Å²) in [5.41, 5.74) is 3.89. The van der Waals surface area contributed by atoms with Crippen LogP contribution < -0.4 is 10.9 Å². The van der Waals surface area contributed by atoms with Gasteiger partial charge in [0.15, 0.2) is 0 Å². The molecule has 3 nitrogen and oxygen atoms in total. The van der Waals surface area contributed by atoms with Crippen LogP contribution in [0.25, 0.3) is 11.1 Å². The van der Waals surface area contributed by atoms with E-state index in [4.69, 9.17) is 5.84 Å². The number of halogens is 1. The first-order chi connectivity index (χ1) is 8.27. The van der Waals surface area contributed by atoms with E-state index in [0.29, 0.717) is 6.42 Å². The maximum atomic E-state index is 11.9. The number of carbonyl (C=O) groups is 1. The van der Waals surface area contributed by atoms with Gasteiger partial charge < -0.3 is 0 Å². The summed E-state index contributed by atoms with van der Waals surface area (Å²) in [5, 5.41) is 1.25. The number of para-hydroxylation sites is 1. The summed E-state index contributed by atoms with van der Waals surface area (Å²) in [6.45, 7) is 0. The summed E-state index contributed by atoms with van der Waals surface area (Å²) in [6, 6.07) is 15.6. The average Bonchev–Trinajstić information content (AvgIpc) is 2.48. The molecular formula is C14H13ClN2O. The number of anilines is 1. The van der Waals surface area contributed by atoms with Gasteiger partial charge in [-0.2, -0.15) is 0 Å². The van der Waals surface area contributed by atoms with Crippen molar-refractivity contribution < 1.29 is 4.79 Å². The normalized spacial score (nSPS) is 13.2. The van der Waals surface area contributed by atoms with Gasteiger partial charge >= 0.3 is 0 Å². The molecule has 0 saturated carbocycles. The maximum Gasteiger partial charge on any atom is 0.245 e. The van der Waals surface area contributed by atoms with Crippen molar-refractivity contribution in [3.05, 3.63) is 54.1 Å². The Morgan fingerprint density at radius 1 is 0.944 bits per heavy atom. The van der Waals surface area contributed by atoms with Gasteiger partial charge in [-0.25, -0.2) is 10.9 Å². The molecule has 0 fully saturated rings. The highest BCUT2D eigenvalue weighted by Crippen LogP contribution is 2.34. The van der Waals surface area contributed by atoms with E-state index >= 15 is 0 Å². The Hall–Kier alpha value is -1.84. The standard InChI is InChI=1S/C14H12N2O.ClH/c15-16-13-8-4-3-7-12(13)11-6-2-1-5-10(11)9-14(16)17;/h1-8H,9,15H2;1H. The predicted molar refractivity (Wildman–Crippen MR) is 74.5 cm³/mol. The highest BCUT2D eigenvalue weighted by molar-refractivity contribution is 6.01. The van der Waals surface area contributed by atoms with Crippen LogP contribution in [0.4, 0.5) is 5.69 Å². The summed E-state index contributed by atoms with van der Waals surface area (Å²) in [7, 11) is 0. The number of fused-ring (bicyclic) bond motifs is 3. The van der Waals surface area contributed by atoms with Gasteiger partial charge in [-0.15, -0.1) is 12.4 Å². The molecule has 3 rings (SSSR count). The van der Waals surface area contributed by atoms with Gasteiger partial charge in [-0.1, -0.05) is 42.5 Å². The second kappa shape index (κ2) is 4.80. The van der Waals surface area contributed by atoms with Crippen LogP contribution in [-0.4, -0.2) is 5.91 Å². The first-order valence-corrected chi connectivity index (χ1v) is 5.52. The quantitative estimate of drug-likeness (QED) is 0.584. The summed E-state index contributed by atoms with van der Waals surface area (Å²) >= 11 is 0. The Bertz CT molecular complexity index is 598. The largest absolute Gasteiger partial charge is 0.273 e. The molecule has 0 spiro atoms. The van der Waals surface area contributed by atoms with Gasteiger partial charge in [0.1, 0.15) is 0 Å². The summed E-state index contributed by atoms with van der Waals surface area (Å²) in [5.74, 6) is 5.77. The minimum absolute atomic E-state index is 0. The van der Waals surface area contributed by atoms with Crippen LogP contribution in [0.3, 0.4) is 0 Å². The van der Waals surface area contributed by atoms with Crippen molar-refractivity contribution in [1.82, 2.24) is 0 Å². The van der Waals surface area contributed by atoms with Gasteiger partial charge in [-0.3, -0.25) is 4.79 Å². The molecule has 0 unspecified atom stereocenters. The SMILES string of the molecule is Cl.NN1C(=O)Cc2ccccc2-c2ccccc21. The lowest BCUT2D eigenvalue weighted by molar-refractivity contribution is -0.118. The molecular weight excluding hydrogens is 248 g/mol. The zero-order valence-electron chi connectivity index (χ0n) is 9.67. The van der Waals surface area contributed by atoms with Crippen molar-refractivity contribution >= 4 is 24.0 Å². The smallest absolute Gasteiger partial charge is 0.245 e. The number of rotatable bonds is 0. The Morgan fingerprint density at radius 2 is 1.56 bits per heavy atom. The molecule has 1 heterocycles. The topological polar surface area (TPSA) is 46.3 Å². The summed E-state index contributed by atoms with van der Waals surface area (Å²) in [4.78, 5) is 11.9. The van der Waals surface area contributed by atoms with Crippen molar-refractivity contribution in [2.24, 2.45) is 5.84 Å². The van der Waals surface area contributed by atoms with Crippen LogP contribution in [0.5, 0.6) is 0 Å². The highest BCUT2D eigenvalue weighted by atomic mass is 35.5. The lowest BCUT2D eigenvalue weighted by atomic mass is 9.98. The fourth-order valence-corrected chi connectivity index (χ4v) is 2.23. The minimum Gasteiger partial charge on any atom is -0.273 e. The first-order valence-electron chi connectivity index (χ1n) is 5.52. The second-order valence-corrected chi connectivity index (χ2v) is 4.11. The fourth-order valence-electron chi connectivity index (χ4n) is 2.23. The molecule has 1 aliphatic heterocycles. The molecule has 0 atom stereocenters. The number of carbonyl (C=O) groups excluding carboxylic acids is 1. The number of hydrogen-bond acceptors (Lipinski definition) is 2. The van der Waals surface area contributed by atoms with E-state index < -0.39 is 0 Å². The molecule has 0 aromatic heterocycles. The molecule has 92 valence electrons. The van der Waals surface area contributed by atoms with E-state index in [2.05, 4.69) is 0 Å². The number of nitrogens with zero attached hydrogens (tertiary/aromatic N) is 1. The van der Waals surface area contributed by atoms with Crippen molar-refractivity contribution in [3.63, 3.8) is 0 Å². The van der Waals surface area contributed by atoms with E-state index in [1.54, 1.807) is 0 Å². The zero-order chi connectivity index (χ0) is 11.8. The van der Waals surface area contributed by atoms with Gasteiger partial charge in [0.25, 0.3) is 0 Å². The molecule has 1 aliphatic rings. The van der Waals surface area contributed by atoms with Crippen LogP contribution >= 0.6 is 12.4 Å².